The summed E-state index contributed by atoms with van der Waals surface area (Å²) >= 11 is 0. The van der Waals surface area contributed by atoms with Gasteiger partial charge in [0.05, 0.1) is 0 Å². The molecule has 0 aliphatic rings. The lowest BCUT2D eigenvalue weighted by molar-refractivity contribution is -0.130. The summed E-state index contributed by atoms with van der Waals surface area (Å²) in [6.07, 6.45) is 0. The first-order chi connectivity index (χ1) is 10.5. The zero-order chi connectivity index (χ0) is 15.9. The molecule has 0 aliphatic carbocycles. The van der Waals surface area contributed by atoms with E-state index < -0.39 is 11.9 Å². The van der Waals surface area contributed by atoms with Crippen LogP contribution >= 0.6 is 0 Å². The van der Waals surface area contributed by atoms with Crippen LogP contribution in [0.15, 0.2) is 48.5 Å². The number of carbonyl (C=O) groups excluding carboxylic acids is 2. The normalized spacial score (nSPS) is 9.36. The standard InChI is InChI=1S/C18H14O4/c1-13-3-7-15(8-4-13)21-17(19)11-12-18(20)22-16-9-5-14(2)6-10-16/h3-10H,1-2H3. The van der Waals surface area contributed by atoms with Gasteiger partial charge in [0.2, 0.25) is 0 Å². The van der Waals surface area contributed by atoms with Crippen molar-refractivity contribution < 1.29 is 19.1 Å². The summed E-state index contributed by atoms with van der Waals surface area (Å²) in [4.78, 5) is 23.0. The highest BCUT2D eigenvalue weighted by Crippen LogP contribution is 2.12. The number of hydrogen-bond donors (Lipinski definition) is 0. The lowest BCUT2D eigenvalue weighted by Gasteiger charge is -2.00. The number of carbonyl (C=O) groups is 2. The van der Waals surface area contributed by atoms with Gasteiger partial charge in [-0.2, -0.15) is 0 Å². The molecule has 4 nitrogen and oxygen atoms in total. The van der Waals surface area contributed by atoms with Crippen LogP contribution in [0.2, 0.25) is 0 Å². The fourth-order valence-corrected chi connectivity index (χ4v) is 1.58. The molecule has 0 aliphatic heterocycles. The first-order valence-electron chi connectivity index (χ1n) is 6.62. The van der Waals surface area contributed by atoms with Crippen LogP contribution in [-0.4, -0.2) is 11.9 Å². The maximum absolute atomic E-state index is 11.5. The molecule has 0 amide bonds. The van der Waals surface area contributed by atoms with Crippen LogP contribution in [-0.2, 0) is 9.59 Å². The smallest absolute Gasteiger partial charge is 0.390 e. The predicted molar refractivity (Wildman–Crippen MR) is 81.4 cm³/mol. The number of rotatable bonds is 2. The molecule has 0 heterocycles. The molecule has 0 atom stereocenters. The summed E-state index contributed by atoms with van der Waals surface area (Å²) < 4.78 is 9.93. The van der Waals surface area contributed by atoms with E-state index in [1.54, 1.807) is 24.3 Å². The first-order valence-corrected chi connectivity index (χ1v) is 6.62. The SMILES string of the molecule is Cc1ccc(OC(=O)C#CC(=O)Oc2ccc(C)cc2)cc1. The van der Waals surface area contributed by atoms with Crippen molar-refractivity contribution in [2.24, 2.45) is 0 Å². The van der Waals surface area contributed by atoms with Gasteiger partial charge in [0.25, 0.3) is 0 Å². The van der Waals surface area contributed by atoms with E-state index in [0.29, 0.717) is 11.5 Å². The number of hydrogen-bond acceptors (Lipinski definition) is 4. The molecule has 0 saturated heterocycles. The predicted octanol–water partition coefficient (Wildman–Crippen LogP) is 2.82. The van der Waals surface area contributed by atoms with Gasteiger partial charge in [-0.3, -0.25) is 0 Å². The number of ether oxygens (including phenoxy) is 2. The molecule has 22 heavy (non-hydrogen) atoms. The van der Waals surface area contributed by atoms with Crippen molar-refractivity contribution >= 4 is 11.9 Å². The Bertz CT molecular complexity index is 668. The molecule has 2 aromatic carbocycles. The van der Waals surface area contributed by atoms with Gasteiger partial charge in [0.1, 0.15) is 11.5 Å². The fraction of sp³-hybridized carbons (Fsp3) is 0.111. The van der Waals surface area contributed by atoms with Crippen LogP contribution in [0, 0.1) is 25.7 Å². The molecule has 2 aromatic rings. The highest BCUT2D eigenvalue weighted by atomic mass is 16.5. The van der Waals surface area contributed by atoms with E-state index in [1.165, 1.54) is 0 Å². The Morgan fingerprint density at radius 2 is 1.00 bits per heavy atom. The van der Waals surface area contributed by atoms with Crippen molar-refractivity contribution in [1.82, 2.24) is 0 Å². The third-order valence-electron chi connectivity index (χ3n) is 2.73. The van der Waals surface area contributed by atoms with Gasteiger partial charge in [-0.1, -0.05) is 35.4 Å². The topological polar surface area (TPSA) is 52.6 Å². The van der Waals surface area contributed by atoms with Crippen LogP contribution < -0.4 is 9.47 Å². The molecule has 0 aromatic heterocycles. The van der Waals surface area contributed by atoms with Crippen LogP contribution in [0.25, 0.3) is 0 Å². The minimum Gasteiger partial charge on any atom is -0.417 e. The maximum Gasteiger partial charge on any atom is 0.390 e. The molecule has 2 rings (SSSR count). The van der Waals surface area contributed by atoms with Crippen molar-refractivity contribution in [2.45, 2.75) is 13.8 Å². The monoisotopic (exact) mass is 294 g/mol. The Balaban J connectivity index is 1.91. The van der Waals surface area contributed by atoms with Crippen LogP contribution in [0.3, 0.4) is 0 Å². The number of esters is 2. The zero-order valence-corrected chi connectivity index (χ0v) is 12.3. The Morgan fingerprint density at radius 1 is 0.682 bits per heavy atom. The maximum atomic E-state index is 11.5. The fourth-order valence-electron chi connectivity index (χ4n) is 1.58. The average Bonchev–Trinajstić information content (AvgIpc) is 2.50. The van der Waals surface area contributed by atoms with Gasteiger partial charge in [-0.05, 0) is 38.1 Å². The summed E-state index contributed by atoms with van der Waals surface area (Å²) in [5.74, 6) is 3.30. The van der Waals surface area contributed by atoms with Crippen molar-refractivity contribution in [3.05, 3.63) is 59.7 Å². The second-order valence-corrected chi connectivity index (χ2v) is 4.66. The van der Waals surface area contributed by atoms with Crippen LogP contribution in [0.4, 0.5) is 0 Å². The second kappa shape index (κ2) is 7.09. The van der Waals surface area contributed by atoms with Gasteiger partial charge in [-0.25, -0.2) is 9.59 Å². The highest BCUT2D eigenvalue weighted by molar-refractivity contribution is 5.99. The van der Waals surface area contributed by atoms with Gasteiger partial charge < -0.3 is 9.47 Å². The second-order valence-electron chi connectivity index (χ2n) is 4.66. The van der Waals surface area contributed by atoms with E-state index in [4.69, 9.17) is 9.47 Å². The van der Waals surface area contributed by atoms with Crippen molar-refractivity contribution in [3.63, 3.8) is 0 Å². The molecule has 0 N–H and O–H groups in total. The van der Waals surface area contributed by atoms with Gasteiger partial charge in [-0.15, -0.1) is 0 Å². The summed E-state index contributed by atoms with van der Waals surface area (Å²) in [5.41, 5.74) is 2.10. The Hall–Kier alpha value is -3.06. The average molecular weight is 294 g/mol. The third kappa shape index (κ3) is 4.80. The minimum atomic E-state index is -0.815. The summed E-state index contributed by atoms with van der Waals surface area (Å²) in [5, 5.41) is 0. The van der Waals surface area contributed by atoms with E-state index in [9.17, 15) is 9.59 Å². The summed E-state index contributed by atoms with van der Waals surface area (Å²) in [6.45, 7) is 3.85. The summed E-state index contributed by atoms with van der Waals surface area (Å²) in [7, 11) is 0. The molecule has 0 fully saturated rings. The lowest BCUT2D eigenvalue weighted by atomic mass is 10.2. The largest absolute Gasteiger partial charge is 0.417 e. The molecule has 0 saturated carbocycles. The third-order valence-corrected chi connectivity index (χ3v) is 2.73. The zero-order valence-electron chi connectivity index (χ0n) is 12.3. The van der Waals surface area contributed by atoms with Gasteiger partial charge in [0.15, 0.2) is 0 Å². The Kier molecular flexibility index (Phi) is 4.94. The van der Waals surface area contributed by atoms with E-state index in [1.807, 2.05) is 38.1 Å². The van der Waals surface area contributed by atoms with E-state index in [2.05, 4.69) is 11.8 Å². The molecular weight excluding hydrogens is 280 g/mol. The van der Waals surface area contributed by atoms with Crippen LogP contribution in [0.5, 0.6) is 11.5 Å². The Morgan fingerprint density at radius 3 is 1.32 bits per heavy atom. The first kappa shape index (κ1) is 15.3. The highest BCUT2D eigenvalue weighted by Gasteiger charge is 2.03. The minimum absolute atomic E-state index is 0.372. The number of aryl methyl sites for hydroxylation is 2. The molecular formula is C18H14O4. The molecule has 0 radical (unpaired) electrons. The quantitative estimate of drug-likeness (QED) is 0.370. The van der Waals surface area contributed by atoms with Crippen LogP contribution in [0.1, 0.15) is 11.1 Å². The van der Waals surface area contributed by atoms with E-state index >= 15 is 0 Å². The van der Waals surface area contributed by atoms with Crippen molar-refractivity contribution in [1.29, 1.82) is 0 Å². The molecule has 0 unspecified atom stereocenters. The number of benzene rings is 2. The molecule has 0 spiro atoms. The molecule has 0 bridgehead atoms. The van der Waals surface area contributed by atoms with Gasteiger partial charge in [0, 0.05) is 11.8 Å². The summed E-state index contributed by atoms with van der Waals surface area (Å²) in [6, 6.07) is 13.8. The molecule has 4 heteroatoms. The van der Waals surface area contributed by atoms with E-state index in [-0.39, 0.29) is 0 Å². The molecule has 110 valence electrons. The van der Waals surface area contributed by atoms with Crippen molar-refractivity contribution in [3.8, 4) is 23.3 Å². The van der Waals surface area contributed by atoms with E-state index in [0.717, 1.165) is 11.1 Å². The lowest BCUT2D eigenvalue weighted by Crippen LogP contribution is -2.08. The van der Waals surface area contributed by atoms with Gasteiger partial charge >= 0.3 is 11.9 Å². The van der Waals surface area contributed by atoms with Crippen molar-refractivity contribution in [2.75, 3.05) is 0 Å². The Labute approximate surface area is 128 Å².